The first kappa shape index (κ1) is 12.9. The number of aromatic nitrogens is 1. The molecule has 0 saturated carbocycles. The SMILES string of the molecule is CCc1ccc(-n2c(Cl)c(C=O)c3ccccc32)cc1. The zero-order valence-corrected chi connectivity index (χ0v) is 11.9. The predicted octanol–water partition coefficient (Wildman–Crippen LogP) is 4.66. The molecule has 0 atom stereocenters. The Labute approximate surface area is 122 Å². The van der Waals surface area contributed by atoms with Gasteiger partial charge in [0.1, 0.15) is 5.15 Å². The Morgan fingerprint density at radius 1 is 1.10 bits per heavy atom. The molecule has 3 rings (SSSR count). The van der Waals surface area contributed by atoms with E-state index in [2.05, 4.69) is 19.1 Å². The minimum atomic E-state index is 0.463. The molecular formula is C17H14ClNO. The number of hydrogen-bond donors (Lipinski definition) is 0. The highest BCUT2D eigenvalue weighted by Gasteiger charge is 2.15. The maximum Gasteiger partial charge on any atom is 0.153 e. The fourth-order valence-electron chi connectivity index (χ4n) is 2.48. The standard InChI is InChI=1S/C17H14ClNO/c1-2-12-7-9-13(10-8-12)19-16-6-4-3-5-14(16)15(11-20)17(19)18/h3-11H,2H2,1H3. The van der Waals surface area contributed by atoms with Crippen molar-refractivity contribution in [2.75, 3.05) is 0 Å². The maximum atomic E-state index is 11.3. The molecule has 0 aliphatic rings. The lowest BCUT2D eigenvalue weighted by molar-refractivity contribution is 0.112. The third kappa shape index (κ3) is 1.93. The van der Waals surface area contributed by atoms with Crippen LogP contribution in [0.4, 0.5) is 0 Å². The summed E-state index contributed by atoms with van der Waals surface area (Å²) < 4.78 is 1.92. The van der Waals surface area contributed by atoms with Crippen molar-refractivity contribution in [3.63, 3.8) is 0 Å². The van der Waals surface area contributed by atoms with Gasteiger partial charge < -0.3 is 0 Å². The Morgan fingerprint density at radius 2 is 1.80 bits per heavy atom. The number of fused-ring (bicyclic) bond motifs is 1. The molecule has 0 bridgehead atoms. The molecule has 20 heavy (non-hydrogen) atoms. The molecular weight excluding hydrogens is 270 g/mol. The maximum absolute atomic E-state index is 11.3. The van der Waals surface area contributed by atoms with Gasteiger partial charge in [-0.25, -0.2) is 0 Å². The summed E-state index contributed by atoms with van der Waals surface area (Å²) in [6.45, 7) is 2.12. The number of carbonyl (C=O) groups is 1. The predicted molar refractivity (Wildman–Crippen MR) is 83.1 cm³/mol. The van der Waals surface area contributed by atoms with Crippen LogP contribution in [0, 0.1) is 0 Å². The van der Waals surface area contributed by atoms with Gasteiger partial charge in [0.2, 0.25) is 0 Å². The van der Waals surface area contributed by atoms with Crippen molar-refractivity contribution >= 4 is 28.8 Å². The number of aldehydes is 1. The van der Waals surface area contributed by atoms with Crippen LogP contribution in [0.3, 0.4) is 0 Å². The zero-order chi connectivity index (χ0) is 14.1. The topological polar surface area (TPSA) is 22.0 Å². The molecule has 2 aromatic carbocycles. The van der Waals surface area contributed by atoms with Crippen molar-refractivity contribution < 1.29 is 4.79 Å². The number of halogens is 1. The fourth-order valence-corrected chi connectivity index (χ4v) is 2.81. The monoisotopic (exact) mass is 283 g/mol. The van der Waals surface area contributed by atoms with Crippen molar-refractivity contribution in [1.29, 1.82) is 0 Å². The van der Waals surface area contributed by atoms with E-state index in [1.165, 1.54) is 5.56 Å². The molecule has 0 N–H and O–H groups in total. The van der Waals surface area contributed by atoms with Gasteiger partial charge in [0.25, 0.3) is 0 Å². The Balaban J connectivity index is 2.29. The molecule has 3 aromatic rings. The second kappa shape index (κ2) is 5.14. The number of hydrogen-bond acceptors (Lipinski definition) is 1. The van der Waals surface area contributed by atoms with E-state index in [1.54, 1.807) is 0 Å². The number of aryl methyl sites for hydroxylation is 1. The molecule has 0 unspecified atom stereocenters. The quantitative estimate of drug-likeness (QED) is 0.641. The van der Waals surface area contributed by atoms with Gasteiger partial charge in [0, 0.05) is 11.1 Å². The second-order valence-corrected chi connectivity index (χ2v) is 5.05. The Kier molecular flexibility index (Phi) is 3.33. The largest absolute Gasteiger partial charge is 0.300 e. The summed E-state index contributed by atoms with van der Waals surface area (Å²) >= 11 is 6.39. The Hall–Kier alpha value is -2.06. The van der Waals surface area contributed by atoms with E-state index in [1.807, 2.05) is 41.0 Å². The molecule has 0 aliphatic carbocycles. The van der Waals surface area contributed by atoms with Gasteiger partial charge in [-0.1, -0.05) is 48.9 Å². The molecule has 1 heterocycles. The van der Waals surface area contributed by atoms with Crippen LogP contribution in [0.15, 0.2) is 48.5 Å². The van der Waals surface area contributed by atoms with Crippen LogP contribution in [-0.2, 0) is 6.42 Å². The van der Waals surface area contributed by atoms with Crippen molar-refractivity contribution in [3.05, 3.63) is 64.8 Å². The van der Waals surface area contributed by atoms with Gasteiger partial charge in [-0.3, -0.25) is 9.36 Å². The van der Waals surface area contributed by atoms with Crippen LogP contribution in [0.5, 0.6) is 0 Å². The first-order valence-electron chi connectivity index (χ1n) is 6.59. The van der Waals surface area contributed by atoms with Crippen LogP contribution >= 0.6 is 11.6 Å². The average Bonchev–Trinajstić information content (AvgIpc) is 2.79. The van der Waals surface area contributed by atoms with E-state index in [0.29, 0.717) is 10.7 Å². The molecule has 3 heteroatoms. The number of carbonyl (C=O) groups excluding carboxylic acids is 1. The first-order valence-corrected chi connectivity index (χ1v) is 6.97. The van der Waals surface area contributed by atoms with Crippen LogP contribution < -0.4 is 0 Å². The smallest absolute Gasteiger partial charge is 0.153 e. The summed E-state index contributed by atoms with van der Waals surface area (Å²) in [7, 11) is 0. The fraction of sp³-hybridized carbons (Fsp3) is 0.118. The van der Waals surface area contributed by atoms with Crippen molar-refractivity contribution in [3.8, 4) is 5.69 Å². The van der Waals surface area contributed by atoms with Gasteiger partial charge in [0.15, 0.2) is 6.29 Å². The number of para-hydroxylation sites is 1. The molecule has 0 saturated heterocycles. The molecule has 0 radical (unpaired) electrons. The van der Waals surface area contributed by atoms with E-state index < -0.39 is 0 Å². The highest BCUT2D eigenvalue weighted by Crippen LogP contribution is 2.31. The second-order valence-electron chi connectivity index (χ2n) is 4.69. The first-order chi connectivity index (χ1) is 9.76. The molecule has 2 nitrogen and oxygen atoms in total. The van der Waals surface area contributed by atoms with Gasteiger partial charge >= 0.3 is 0 Å². The lowest BCUT2D eigenvalue weighted by atomic mass is 10.1. The highest BCUT2D eigenvalue weighted by molar-refractivity contribution is 6.34. The summed E-state index contributed by atoms with van der Waals surface area (Å²) in [6, 6.07) is 16.0. The highest BCUT2D eigenvalue weighted by atomic mass is 35.5. The van der Waals surface area contributed by atoms with Crippen LogP contribution in [0.1, 0.15) is 22.8 Å². The normalized spacial score (nSPS) is 10.9. The van der Waals surface area contributed by atoms with Gasteiger partial charge in [-0.2, -0.15) is 0 Å². The third-order valence-corrected chi connectivity index (χ3v) is 3.95. The molecule has 1 aromatic heterocycles. The van der Waals surface area contributed by atoms with Gasteiger partial charge in [-0.15, -0.1) is 0 Å². The van der Waals surface area contributed by atoms with E-state index in [9.17, 15) is 4.79 Å². The zero-order valence-electron chi connectivity index (χ0n) is 11.1. The summed E-state index contributed by atoms with van der Waals surface area (Å²) in [5, 5.41) is 1.34. The molecule has 0 spiro atoms. The van der Waals surface area contributed by atoms with E-state index in [-0.39, 0.29) is 0 Å². The minimum Gasteiger partial charge on any atom is -0.300 e. The minimum absolute atomic E-state index is 0.463. The van der Waals surface area contributed by atoms with E-state index >= 15 is 0 Å². The number of rotatable bonds is 3. The van der Waals surface area contributed by atoms with Crippen molar-refractivity contribution in [2.24, 2.45) is 0 Å². The number of nitrogens with zero attached hydrogens (tertiary/aromatic N) is 1. The van der Waals surface area contributed by atoms with Crippen LogP contribution in [0.2, 0.25) is 5.15 Å². The van der Waals surface area contributed by atoms with Crippen molar-refractivity contribution in [2.45, 2.75) is 13.3 Å². The third-order valence-electron chi connectivity index (χ3n) is 3.57. The number of benzene rings is 2. The van der Waals surface area contributed by atoms with Crippen LogP contribution in [-0.4, -0.2) is 10.9 Å². The molecule has 100 valence electrons. The average molecular weight is 284 g/mol. The molecule has 0 amide bonds. The van der Waals surface area contributed by atoms with Crippen molar-refractivity contribution in [1.82, 2.24) is 4.57 Å². The Bertz CT molecular complexity index is 772. The molecule has 0 aliphatic heterocycles. The summed E-state index contributed by atoms with van der Waals surface area (Å²) in [4.78, 5) is 11.3. The van der Waals surface area contributed by atoms with E-state index in [4.69, 9.17) is 11.6 Å². The summed E-state index contributed by atoms with van der Waals surface area (Å²) in [5.41, 5.74) is 3.74. The van der Waals surface area contributed by atoms with Gasteiger partial charge in [-0.05, 0) is 30.2 Å². The summed E-state index contributed by atoms with van der Waals surface area (Å²) in [6.07, 6.45) is 1.82. The Morgan fingerprint density at radius 3 is 2.45 bits per heavy atom. The summed E-state index contributed by atoms with van der Waals surface area (Å²) in [5.74, 6) is 0. The molecule has 0 fully saturated rings. The lowest BCUT2D eigenvalue weighted by Crippen LogP contribution is -1.94. The van der Waals surface area contributed by atoms with Gasteiger partial charge in [0.05, 0.1) is 11.1 Å². The van der Waals surface area contributed by atoms with Crippen LogP contribution in [0.25, 0.3) is 16.6 Å². The lowest BCUT2D eigenvalue weighted by Gasteiger charge is -2.08. The van der Waals surface area contributed by atoms with E-state index in [0.717, 1.165) is 29.3 Å².